The van der Waals surface area contributed by atoms with Crippen LogP contribution in [0.2, 0.25) is 0 Å². The molecule has 1 rings (SSSR count). The standard InChI is InChI=1S/C16H26N2O2/c1-5-18(8-9-19)11-16(20)17-14(4)15-7-6-12(2)13(3)10-15/h6-7,10,14,19H,5,8-9,11H2,1-4H3,(H,17,20). The van der Waals surface area contributed by atoms with E-state index in [1.165, 1.54) is 11.1 Å². The third kappa shape index (κ3) is 4.94. The lowest BCUT2D eigenvalue weighted by Gasteiger charge is -2.21. The molecule has 4 heteroatoms. The van der Waals surface area contributed by atoms with Crippen LogP contribution in [0.15, 0.2) is 18.2 Å². The van der Waals surface area contributed by atoms with Crippen LogP contribution in [0, 0.1) is 13.8 Å². The number of carbonyl (C=O) groups is 1. The summed E-state index contributed by atoms with van der Waals surface area (Å²) in [4.78, 5) is 13.9. The van der Waals surface area contributed by atoms with Crippen molar-refractivity contribution in [1.82, 2.24) is 10.2 Å². The maximum atomic E-state index is 12.0. The fourth-order valence-electron chi connectivity index (χ4n) is 2.10. The van der Waals surface area contributed by atoms with E-state index in [1.807, 2.05) is 18.7 Å². The first kappa shape index (κ1) is 16.7. The predicted molar refractivity (Wildman–Crippen MR) is 81.7 cm³/mol. The highest BCUT2D eigenvalue weighted by molar-refractivity contribution is 5.78. The highest BCUT2D eigenvalue weighted by Crippen LogP contribution is 2.16. The number of hydrogen-bond acceptors (Lipinski definition) is 3. The number of carbonyl (C=O) groups excluding carboxylic acids is 1. The third-order valence-electron chi connectivity index (χ3n) is 3.64. The van der Waals surface area contributed by atoms with Gasteiger partial charge in [-0.25, -0.2) is 0 Å². The van der Waals surface area contributed by atoms with Crippen LogP contribution in [-0.4, -0.2) is 42.2 Å². The van der Waals surface area contributed by atoms with Gasteiger partial charge < -0.3 is 10.4 Å². The van der Waals surface area contributed by atoms with Crippen LogP contribution in [0.5, 0.6) is 0 Å². The molecule has 0 aromatic heterocycles. The number of likely N-dealkylation sites (N-methyl/N-ethyl adjacent to an activating group) is 1. The minimum atomic E-state index is -0.00831. The lowest BCUT2D eigenvalue weighted by atomic mass is 10.0. The number of hydrogen-bond donors (Lipinski definition) is 2. The van der Waals surface area contributed by atoms with Gasteiger partial charge >= 0.3 is 0 Å². The molecule has 0 heterocycles. The molecule has 112 valence electrons. The van der Waals surface area contributed by atoms with E-state index in [9.17, 15) is 4.79 Å². The lowest BCUT2D eigenvalue weighted by molar-refractivity contribution is -0.122. The first-order chi connectivity index (χ1) is 9.47. The Labute approximate surface area is 121 Å². The SMILES string of the molecule is CCN(CCO)CC(=O)NC(C)c1ccc(C)c(C)c1. The molecule has 1 aromatic carbocycles. The molecule has 0 fully saturated rings. The van der Waals surface area contributed by atoms with Gasteiger partial charge in [0.05, 0.1) is 19.2 Å². The van der Waals surface area contributed by atoms with Crippen molar-refractivity contribution in [2.24, 2.45) is 0 Å². The fraction of sp³-hybridized carbons (Fsp3) is 0.562. The van der Waals surface area contributed by atoms with Gasteiger partial charge in [-0.1, -0.05) is 25.1 Å². The van der Waals surface area contributed by atoms with E-state index in [-0.39, 0.29) is 18.6 Å². The van der Waals surface area contributed by atoms with E-state index in [2.05, 4.69) is 37.4 Å². The predicted octanol–water partition coefficient (Wildman–Crippen LogP) is 1.79. The largest absolute Gasteiger partial charge is 0.395 e. The highest BCUT2D eigenvalue weighted by Gasteiger charge is 2.13. The van der Waals surface area contributed by atoms with Gasteiger partial charge in [0.1, 0.15) is 0 Å². The van der Waals surface area contributed by atoms with E-state index in [0.29, 0.717) is 13.1 Å². The van der Waals surface area contributed by atoms with Crippen molar-refractivity contribution >= 4 is 5.91 Å². The Kier molecular flexibility index (Phi) is 6.68. The van der Waals surface area contributed by atoms with Crippen LogP contribution in [-0.2, 0) is 4.79 Å². The Bertz CT molecular complexity index is 446. The van der Waals surface area contributed by atoms with Gasteiger partial charge in [0.25, 0.3) is 0 Å². The number of nitrogens with one attached hydrogen (secondary N) is 1. The highest BCUT2D eigenvalue weighted by atomic mass is 16.3. The molecule has 1 amide bonds. The Hall–Kier alpha value is -1.39. The number of nitrogens with zero attached hydrogens (tertiary/aromatic N) is 1. The summed E-state index contributed by atoms with van der Waals surface area (Å²) in [7, 11) is 0. The van der Waals surface area contributed by atoms with E-state index >= 15 is 0 Å². The van der Waals surface area contributed by atoms with Gasteiger partial charge in [0.2, 0.25) is 5.91 Å². The van der Waals surface area contributed by atoms with Crippen molar-refractivity contribution in [2.45, 2.75) is 33.7 Å². The number of aliphatic hydroxyl groups is 1. The van der Waals surface area contributed by atoms with Crippen molar-refractivity contribution < 1.29 is 9.90 Å². The van der Waals surface area contributed by atoms with Crippen molar-refractivity contribution in [2.75, 3.05) is 26.2 Å². The molecule has 0 aliphatic carbocycles. The lowest BCUT2D eigenvalue weighted by Crippen LogP contribution is -2.39. The molecule has 0 saturated carbocycles. The number of rotatable bonds is 7. The average molecular weight is 278 g/mol. The van der Waals surface area contributed by atoms with Gasteiger partial charge in [-0.2, -0.15) is 0 Å². The second-order valence-corrected chi connectivity index (χ2v) is 5.23. The molecule has 0 spiro atoms. The Balaban J connectivity index is 2.58. The maximum Gasteiger partial charge on any atom is 0.234 e. The van der Waals surface area contributed by atoms with Crippen LogP contribution in [0.1, 0.15) is 36.6 Å². The van der Waals surface area contributed by atoms with Gasteiger partial charge in [-0.15, -0.1) is 0 Å². The summed E-state index contributed by atoms with van der Waals surface area (Å²) in [5.41, 5.74) is 3.61. The van der Waals surface area contributed by atoms with Gasteiger partial charge in [0.15, 0.2) is 0 Å². The van der Waals surface area contributed by atoms with E-state index < -0.39 is 0 Å². The number of benzene rings is 1. The van der Waals surface area contributed by atoms with Crippen molar-refractivity contribution in [3.05, 3.63) is 34.9 Å². The second-order valence-electron chi connectivity index (χ2n) is 5.23. The minimum absolute atomic E-state index is 0.00497. The number of aliphatic hydroxyl groups excluding tert-OH is 1. The topological polar surface area (TPSA) is 52.6 Å². The first-order valence-electron chi connectivity index (χ1n) is 7.17. The molecule has 0 aliphatic heterocycles. The summed E-state index contributed by atoms with van der Waals surface area (Å²) >= 11 is 0. The van der Waals surface area contributed by atoms with Crippen molar-refractivity contribution in [3.8, 4) is 0 Å². The van der Waals surface area contributed by atoms with Crippen LogP contribution in [0.3, 0.4) is 0 Å². The molecule has 1 unspecified atom stereocenters. The van der Waals surface area contributed by atoms with Gasteiger partial charge in [-0.05, 0) is 44.0 Å². The van der Waals surface area contributed by atoms with Crippen molar-refractivity contribution in [3.63, 3.8) is 0 Å². The third-order valence-corrected chi connectivity index (χ3v) is 3.64. The van der Waals surface area contributed by atoms with E-state index in [1.54, 1.807) is 0 Å². The molecular formula is C16H26N2O2. The molecular weight excluding hydrogens is 252 g/mol. The zero-order chi connectivity index (χ0) is 15.1. The second kappa shape index (κ2) is 8.02. The summed E-state index contributed by atoms with van der Waals surface area (Å²) in [6.07, 6.45) is 0. The Morgan fingerprint density at radius 1 is 1.35 bits per heavy atom. The number of amides is 1. The van der Waals surface area contributed by atoms with Gasteiger partial charge in [-0.3, -0.25) is 9.69 Å². The summed E-state index contributed by atoms with van der Waals surface area (Å²) in [6.45, 7) is 9.82. The molecule has 1 aromatic rings. The Morgan fingerprint density at radius 2 is 2.05 bits per heavy atom. The summed E-state index contributed by atoms with van der Waals surface area (Å²) < 4.78 is 0. The van der Waals surface area contributed by atoms with Crippen molar-refractivity contribution in [1.29, 1.82) is 0 Å². The zero-order valence-electron chi connectivity index (χ0n) is 12.9. The molecule has 0 radical (unpaired) electrons. The molecule has 2 N–H and O–H groups in total. The molecule has 4 nitrogen and oxygen atoms in total. The van der Waals surface area contributed by atoms with Gasteiger partial charge in [0, 0.05) is 6.54 Å². The fourth-order valence-corrected chi connectivity index (χ4v) is 2.10. The monoisotopic (exact) mass is 278 g/mol. The summed E-state index contributed by atoms with van der Waals surface area (Å²) in [5, 5.41) is 11.9. The molecule has 1 atom stereocenters. The first-order valence-corrected chi connectivity index (χ1v) is 7.17. The summed E-state index contributed by atoms with van der Waals surface area (Å²) in [6, 6.07) is 6.25. The quantitative estimate of drug-likeness (QED) is 0.799. The zero-order valence-corrected chi connectivity index (χ0v) is 12.9. The molecule has 20 heavy (non-hydrogen) atoms. The smallest absolute Gasteiger partial charge is 0.234 e. The summed E-state index contributed by atoms with van der Waals surface area (Å²) in [5.74, 6) is -0.00831. The van der Waals surface area contributed by atoms with Crippen LogP contribution in [0.25, 0.3) is 0 Å². The normalized spacial score (nSPS) is 12.5. The maximum absolute atomic E-state index is 12.0. The molecule has 0 saturated heterocycles. The molecule has 0 bridgehead atoms. The average Bonchev–Trinajstić information content (AvgIpc) is 2.41. The minimum Gasteiger partial charge on any atom is -0.395 e. The van der Waals surface area contributed by atoms with Crippen LogP contribution >= 0.6 is 0 Å². The van der Waals surface area contributed by atoms with E-state index in [0.717, 1.165) is 12.1 Å². The van der Waals surface area contributed by atoms with Crippen LogP contribution < -0.4 is 5.32 Å². The number of aryl methyl sites for hydroxylation is 2. The van der Waals surface area contributed by atoms with Crippen LogP contribution in [0.4, 0.5) is 0 Å². The molecule has 0 aliphatic rings. The Morgan fingerprint density at radius 3 is 2.60 bits per heavy atom. The van der Waals surface area contributed by atoms with E-state index in [4.69, 9.17) is 5.11 Å².